The zero-order valence-corrected chi connectivity index (χ0v) is 12.7. The van der Waals surface area contributed by atoms with Gasteiger partial charge in [0.25, 0.3) is 0 Å². The third kappa shape index (κ3) is 3.56. The van der Waals surface area contributed by atoms with Crippen molar-refractivity contribution in [2.45, 2.75) is 18.9 Å². The number of halogens is 3. The smallest absolute Gasteiger partial charge is 0.123 e. The zero-order chi connectivity index (χ0) is 14.0. The number of rotatable bonds is 3. The lowest BCUT2D eigenvalue weighted by molar-refractivity contribution is 0.0576. The summed E-state index contributed by atoms with van der Waals surface area (Å²) in [6, 6.07) is 11.5. The molecule has 0 fully saturated rings. The Kier molecular flexibility index (Phi) is 4.29. The van der Waals surface area contributed by atoms with Gasteiger partial charge in [0.05, 0.1) is 5.60 Å². The summed E-state index contributed by atoms with van der Waals surface area (Å²) in [4.78, 5) is 0. The first-order chi connectivity index (χ1) is 8.88. The minimum absolute atomic E-state index is 0.255. The first-order valence-corrected chi connectivity index (χ1v) is 6.98. The Bertz CT molecular complexity index is 581. The second kappa shape index (κ2) is 5.61. The molecule has 0 saturated carbocycles. The molecule has 0 heterocycles. The van der Waals surface area contributed by atoms with E-state index in [1.54, 1.807) is 6.92 Å². The second-order valence-electron chi connectivity index (χ2n) is 4.69. The molecule has 0 radical (unpaired) electrons. The first-order valence-electron chi connectivity index (χ1n) is 5.81. The fraction of sp³-hybridized carbons (Fsp3) is 0.200. The van der Waals surface area contributed by atoms with E-state index < -0.39 is 5.60 Å². The van der Waals surface area contributed by atoms with Crippen LogP contribution in [0.25, 0.3) is 0 Å². The van der Waals surface area contributed by atoms with Gasteiger partial charge in [-0.15, -0.1) is 0 Å². The van der Waals surface area contributed by atoms with Crippen LogP contribution in [0.15, 0.2) is 46.9 Å². The number of hydrogen-bond donors (Lipinski definition) is 1. The molecule has 1 unspecified atom stereocenters. The van der Waals surface area contributed by atoms with Gasteiger partial charge in [0, 0.05) is 15.9 Å². The maximum absolute atomic E-state index is 13.2. The molecule has 0 bridgehead atoms. The molecule has 1 atom stereocenters. The van der Waals surface area contributed by atoms with Crippen molar-refractivity contribution < 1.29 is 9.50 Å². The Balaban J connectivity index is 2.30. The normalized spacial score (nSPS) is 14.2. The number of hydrogen-bond acceptors (Lipinski definition) is 1. The van der Waals surface area contributed by atoms with E-state index in [1.165, 1.54) is 18.2 Å². The van der Waals surface area contributed by atoms with E-state index in [0.717, 1.165) is 10.0 Å². The van der Waals surface area contributed by atoms with Crippen LogP contribution in [0, 0.1) is 5.82 Å². The van der Waals surface area contributed by atoms with E-state index in [9.17, 15) is 9.50 Å². The molecule has 4 heteroatoms. The van der Waals surface area contributed by atoms with Crippen LogP contribution < -0.4 is 0 Å². The molecule has 2 aromatic carbocycles. The molecule has 0 amide bonds. The van der Waals surface area contributed by atoms with Gasteiger partial charge >= 0.3 is 0 Å². The fourth-order valence-corrected chi connectivity index (χ4v) is 2.41. The quantitative estimate of drug-likeness (QED) is 0.857. The van der Waals surface area contributed by atoms with Crippen LogP contribution in [-0.4, -0.2) is 5.11 Å². The average Bonchev–Trinajstić information content (AvgIpc) is 2.34. The molecule has 0 aliphatic carbocycles. The second-order valence-corrected chi connectivity index (χ2v) is 6.02. The van der Waals surface area contributed by atoms with Gasteiger partial charge in [-0.2, -0.15) is 0 Å². The van der Waals surface area contributed by atoms with Crippen molar-refractivity contribution in [1.82, 2.24) is 0 Å². The van der Waals surface area contributed by atoms with Crippen molar-refractivity contribution >= 4 is 27.5 Å². The summed E-state index contributed by atoms with van der Waals surface area (Å²) < 4.78 is 14.2. The lowest BCUT2D eigenvalue weighted by atomic mass is 9.89. The topological polar surface area (TPSA) is 20.2 Å². The van der Waals surface area contributed by atoms with Gasteiger partial charge in [0.1, 0.15) is 5.82 Å². The van der Waals surface area contributed by atoms with Gasteiger partial charge in [0.2, 0.25) is 0 Å². The molecule has 1 nitrogen and oxygen atoms in total. The van der Waals surface area contributed by atoms with Crippen molar-refractivity contribution in [3.05, 3.63) is 68.9 Å². The van der Waals surface area contributed by atoms with Gasteiger partial charge in [-0.1, -0.05) is 39.7 Å². The predicted molar refractivity (Wildman–Crippen MR) is 78.8 cm³/mol. The van der Waals surface area contributed by atoms with Crippen LogP contribution in [0.3, 0.4) is 0 Å². The summed E-state index contributed by atoms with van der Waals surface area (Å²) in [6.07, 6.45) is 0.255. The summed E-state index contributed by atoms with van der Waals surface area (Å²) in [6.45, 7) is 1.69. The van der Waals surface area contributed by atoms with Crippen LogP contribution >= 0.6 is 27.5 Å². The van der Waals surface area contributed by atoms with Gasteiger partial charge in [-0.3, -0.25) is 0 Å². The molecule has 19 heavy (non-hydrogen) atoms. The van der Waals surface area contributed by atoms with Crippen LogP contribution in [0.2, 0.25) is 5.02 Å². The molecule has 0 saturated heterocycles. The van der Waals surface area contributed by atoms with Gasteiger partial charge in [-0.05, 0) is 48.4 Å². The van der Waals surface area contributed by atoms with Crippen LogP contribution in [0.4, 0.5) is 4.39 Å². The van der Waals surface area contributed by atoms with Gasteiger partial charge < -0.3 is 5.11 Å². The molecule has 0 aliphatic rings. The van der Waals surface area contributed by atoms with Crippen molar-refractivity contribution in [3.8, 4) is 0 Å². The Morgan fingerprint density at radius 2 is 1.84 bits per heavy atom. The molecule has 0 spiro atoms. The Morgan fingerprint density at radius 3 is 2.47 bits per heavy atom. The van der Waals surface area contributed by atoms with Crippen LogP contribution in [-0.2, 0) is 12.0 Å². The van der Waals surface area contributed by atoms with Crippen molar-refractivity contribution in [2.24, 2.45) is 0 Å². The SMILES string of the molecule is CC(O)(Cc1cc(F)ccc1Cl)c1ccc(Br)cc1. The van der Waals surface area contributed by atoms with E-state index in [1.807, 2.05) is 24.3 Å². The average molecular weight is 344 g/mol. The predicted octanol–water partition coefficient (Wildman–Crippen LogP) is 4.69. The summed E-state index contributed by atoms with van der Waals surface area (Å²) in [7, 11) is 0. The molecule has 2 aromatic rings. The minimum atomic E-state index is -1.10. The first kappa shape index (κ1) is 14.5. The third-order valence-corrected chi connectivity index (χ3v) is 3.91. The van der Waals surface area contributed by atoms with Crippen molar-refractivity contribution in [2.75, 3.05) is 0 Å². The Hall–Kier alpha value is -0.900. The van der Waals surface area contributed by atoms with E-state index >= 15 is 0 Å². The highest BCUT2D eigenvalue weighted by atomic mass is 79.9. The Morgan fingerprint density at radius 1 is 1.21 bits per heavy atom. The third-order valence-electron chi connectivity index (χ3n) is 3.01. The molecule has 1 N–H and O–H groups in total. The highest BCUT2D eigenvalue weighted by molar-refractivity contribution is 9.10. The highest BCUT2D eigenvalue weighted by Crippen LogP contribution is 2.29. The molecule has 2 rings (SSSR count). The zero-order valence-electron chi connectivity index (χ0n) is 10.3. The summed E-state index contributed by atoms with van der Waals surface area (Å²) >= 11 is 9.38. The monoisotopic (exact) mass is 342 g/mol. The maximum atomic E-state index is 13.2. The summed E-state index contributed by atoms with van der Waals surface area (Å²) in [5, 5.41) is 11.0. The molecular weight excluding hydrogens is 331 g/mol. The number of aliphatic hydroxyl groups is 1. The highest BCUT2D eigenvalue weighted by Gasteiger charge is 2.24. The molecule has 100 valence electrons. The van der Waals surface area contributed by atoms with E-state index in [2.05, 4.69) is 15.9 Å². The number of benzene rings is 2. The molecule has 0 aromatic heterocycles. The van der Waals surface area contributed by atoms with E-state index in [0.29, 0.717) is 10.6 Å². The van der Waals surface area contributed by atoms with Crippen molar-refractivity contribution in [3.63, 3.8) is 0 Å². The van der Waals surface area contributed by atoms with Crippen LogP contribution in [0.5, 0.6) is 0 Å². The summed E-state index contributed by atoms with van der Waals surface area (Å²) in [5.74, 6) is -0.356. The van der Waals surface area contributed by atoms with E-state index in [4.69, 9.17) is 11.6 Å². The molecular formula is C15H13BrClFO. The Labute approximate surface area is 125 Å². The van der Waals surface area contributed by atoms with Crippen LogP contribution in [0.1, 0.15) is 18.1 Å². The lowest BCUT2D eigenvalue weighted by Gasteiger charge is -2.24. The van der Waals surface area contributed by atoms with Gasteiger partial charge in [0.15, 0.2) is 0 Å². The maximum Gasteiger partial charge on any atom is 0.123 e. The molecule has 0 aliphatic heterocycles. The van der Waals surface area contributed by atoms with Gasteiger partial charge in [-0.25, -0.2) is 4.39 Å². The lowest BCUT2D eigenvalue weighted by Crippen LogP contribution is -2.24. The van der Waals surface area contributed by atoms with E-state index in [-0.39, 0.29) is 12.2 Å². The standard InChI is InChI=1S/C15H13BrClFO/c1-15(19,11-2-4-12(16)5-3-11)9-10-8-13(18)6-7-14(10)17/h2-8,19H,9H2,1H3. The van der Waals surface area contributed by atoms with Crippen molar-refractivity contribution in [1.29, 1.82) is 0 Å². The summed E-state index contributed by atoms with van der Waals surface area (Å²) in [5.41, 5.74) is 0.253. The fourth-order valence-electron chi connectivity index (χ4n) is 1.96. The largest absolute Gasteiger partial charge is 0.385 e. The minimum Gasteiger partial charge on any atom is -0.385 e.